The Hall–Kier alpha value is -1.51. The van der Waals surface area contributed by atoms with Gasteiger partial charge in [0.2, 0.25) is 0 Å². The third-order valence-corrected chi connectivity index (χ3v) is 9.82. The molecule has 0 aromatic rings. The normalized spacial score (nSPS) is 41.7. The van der Waals surface area contributed by atoms with Crippen LogP contribution in [0.5, 0.6) is 0 Å². The van der Waals surface area contributed by atoms with Gasteiger partial charge >= 0.3 is 5.97 Å². The summed E-state index contributed by atoms with van der Waals surface area (Å²) in [6.07, 6.45) is 18.0. The zero-order valence-electron chi connectivity index (χ0n) is 19.2. The molecular weight excluding hydrogens is 372 g/mol. The lowest BCUT2D eigenvalue weighted by molar-refractivity contribution is -0.141. The van der Waals surface area contributed by atoms with Gasteiger partial charge < -0.3 is 10.2 Å². The lowest BCUT2D eigenvalue weighted by Gasteiger charge is -2.56. The van der Waals surface area contributed by atoms with Crippen molar-refractivity contribution in [2.75, 3.05) is 0 Å². The second kappa shape index (κ2) is 7.88. The molecular formula is C27H40O3. The monoisotopic (exact) mass is 412 g/mol. The molecule has 0 unspecified atom stereocenters. The van der Waals surface area contributed by atoms with Crippen molar-refractivity contribution in [2.24, 2.45) is 46.3 Å². The average molecular weight is 413 g/mol. The molecule has 30 heavy (non-hydrogen) atoms. The molecule has 166 valence electrons. The average Bonchev–Trinajstić information content (AvgIpc) is 3.05. The summed E-state index contributed by atoms with van der Waals surface area (Å²) in [7, 11) is 0. The fourth-order valence-electron chi connectivity index (χ4n) is 8.00. The van der Waals surface area contributed by atoms with E-state index in [0.717, 1.165) is 43.4 Å². The van der Waals surface area contributed by atoms with Crippen LogP contribution in [0.2, 0.25) is 0 Å². The number of hydrogen-bond acceptors (Lipinski definition) is 2. The zero-order valence-corrected chi connectivity index (χ0v) is 19.2. The number of aliphatic hydroxyl groups is 1. The summed E-state index contributed by atoms with van der Waals surface area (Å²) >= 11 is 0. The maximum Gasteiger partial charge on any atom is 0.306 e. The van der Waals surface area contributed by atoms with Crippen molar-refractivity contribution in [1.82, 2.24) is 0 Å². The molecule has 2 N–H and O–H groups in total. The van der Waals surface area contributed by atoms with Crippen LogP contribution in [0.1, 0.15) is 79.1 Å². The first-order chi connectivity index (χ1) is 14.2. The van der Waals surface area contributed by atoms with E-state index in [4.69, 9.17) is 5.11 Å². The first-order valence-electron chi connectivity index (χ1n) is 12.2. The molecule has 8 atom stereocenters. The van der Waals surface area contributed by atoms with Gasteiger partial charge in [0.25, 0.3) is 0 Å². The SMILES string of the molecule is C[C@H](CCC[C@H](C)C(=O)O)[C@H]1CC[C@H]2[C@@H]3CC=C4C=C(O)C=C[C@]4(C)[C@H]3CC[C@]12C. The Balaban J connectivity index is 1.46. The van der Waals surface area contributed by atoms with Gasteiger partial charge in [0.05, 0.1) is 5.92 Å². The molecule has 4 aliphatic carbocycles. The summed E-state index contributed by atoms with van der Waals surface area (Å²) in [5.41, 5.74) is 1.83. The number of carboxylic acid groups (broad SMARTS) is 1. The Morgan fingerprint density at radius 1 is 1.17 bits per heavy atom. The third kappa shape index (κ3) is 3.46. The van der Waals surface area contributed by atoms with Crippen LogP contribution in [0.3, 0.4) is 0 Å². The van der Waals surface area contributed by atoms with E-state index in [2.05, 4.69) is 32.9 Å². The summed E-state index contributed by atoms with van der Waals surface area (Å²) < 4.78 is 0. The molecule has 2 fully saturated rings. The standard InChI is InChI=1S/C27H40O3/c1-17(6-5-7-18(2)25(29)30)22-10-11-23-21-9-8-19-16-20(28)12-14-26(19,3)24(21)13-15-27(22,23)4/h8,12,14,16-18,21-24,28H,5-7,9-11,13,15H2,1-4H3,(H,29,30)/t17-,18+,21+,22-,23+,24+,26+,27-/m1/s1. The van der Waals surface area contributed by atoms with Crippen molar-refractivity contribution < 1.29 is 15.0 Å². The lowest BCUT2D eigenvalue weighted by Crippen LogP contribution is -2.49. The highest BCUT2D eigenvalue weighted by atomic mass is 16.4. The van der Waals surface area contributed by atoms with Gasteiger partial charge in [0.1, 0.15) is 5.76 Å². The van der Waals surface area contributed by atoms with Crippen molar-refractivity contribution in [1.29, 1.82) is 0 Å². The van der Waals surface area contributed by atoms with E-state index in [1.165, 1.54) is 31.3 Å². The van der Waals surface area contributed by atoms with Gasteiger partial charge in [-0.05, 0) is 91.3 Å². The Kier molecular flexibility index (Phi) is 5.70. The Labute approximate surface area is 182 Å². The van der Waals surface area contributed by atoms with E-state index in [-0.39, 0.29) is 11.3 Å². The predicted molar refractivity (Wildman–Crippen MR) is 121 cm³/mol. The number of carbonyl (C=O) groups is 1. The first-order valence-corrected chi connectivity index (χ1v) is 12.2. The van der Waals surface area contributed by atoms with Gasteiger partial charge in [0.15, 0.2) is 0 Å². The molecule has 3 heteroatoms. The van der Waals surface area contributed by atoms with Crippen LogP contribution in [0.25, 0.3) is 0 Å². The molecule has 0 aromatic heterocycles. The topological polar surface area (TPSA) is 57.5 Å². The van der Waals surface area contributed by atoms with E-state index in [9.17, 15) is 9.90 Å². The number of hydrogen-bond donors (Lipinski definition) is 2. The third-order valence-electron chi connectivity index (χ3n) is 9.82. The second-order valence-electron chi connectivity index (χ2n) is 11.3. The number of aliphatic carboxylic acids is 1. The highest BCUT2D eigenvalue weighted by Gasteiger charge is 2.58. The first kappa shape index (κ1) is 21.7. The number of carboxylic acids is 1. The predicted octanol–water partition coefficient (Wildman–Crippen LogP) is 6.92. The van der Waals surface area contributed by atoms with E-state index >= 15 is 0 Å². The van der Waals surface area contributed by atoms with Crippen LogP contribution in [-0.4, -0.2) is 16.2 Å². The fourth-order valence-corrected chi connectivity index (χ4v) is 8.00. The van der Waals surface area contributed by atoms with Crippen LogP contribution in [0.15, 0.2) is 35.6 Å². The summed E-state index contributed by atoms with van der Waals surface area (Å²) in [6, 6.07) is 0. The zero-order chi connectivity index (χ0) is 21.7. The van der Waals surface area contributed by atoms with Crippen molar-refractivity contribution in [2.45, 2.75) is 79.1 Å². The lowest BCUT2D eigenvalue weighted by atomic mass is 9.48. The summed E-state index contributed by atoms with van der Waals surface area (Å²) in [5.74, 6) is 3.19. The molecule has 0 aromatic carbocycles. The molecule has 0 heterocycles. The molecule has 0 radical (unpaired) electrons. The van der Waals surface area contributed by atoms with Crippen LogP contribution in [-0.2, 0) is 4.79 Å². The minimum absolute atomic E-state index is 0.0765. The molecule has 0 saturated heterocycles. The molecule has 4 rings (SSSR count). The highest BCUT2D eigenvalue weighted by molar-refractivity contribution is 5.69. The molecule has 3 nitrogen and oxygen atoms in total. The number of rotatable bonds is 6. The molecule has 4 aliphatic rings. The van der Waals surface area contributed by atoms with Gasteiger partial charge in [0, 0.05) is 5.41 Å². The minimum atomic E-state index is -0.660. The van der Waals surface area contributed by atoms with Crippen LogP contribution in [0.4, 0.5) is 0 Å². The smallest absolute Gasteiger partial charge is 0.306 e. The number of fused-ring (bicyclic) bond motifs is 5. The molecule has 0 spiro atoms. The van der Waals surface area contributed by atoms with Crippen LogP contribution < -0.4 is 0 Å². The van der Waals surface area contributed by atoms with Crippen molar-refractivity contribution in [3.8, 4) is 0 Å². The van der Waals surface area contributed by atoms with E-state index < -0.39 is 5.97 Å². The van der Waals surface area contributed by atoms with Crippen LogP contribution in [0, 0.1) is 46.3 Å². The van der Waals surface area contributed by atoms with Crippen molar-refractivity contribution >= 4 is 5.97 Å². The van der Waals surface area contributed by atoms with Gasteiger partial charge in [-0.2, -0.15) is 0 Å². The Bertz CT molecular complexity index is 777. The molecule has 0 amide bonds. The number of allylic oxidation sites excluding steroid dienone is 5. The highest BCUT2D eigenvalue weighted by Crippen LogP contribution is 2.66. The Morgan fingerprint density at radius 3 is 2.67 bits per heavy atom. The fraction of sp³-hybridized carbons (Fsp3) is 0.741. The molecule has 0 bridgehead atoms. The van der Waals surface area contributed by atoms with Crippen molar-refractivity contribution in [3.05, 3.63) is 35.6 Å². The number of aliphatic hydroxyl groups excluding tert-OH is 1. The van der Waals surface area contributed by atoms with Crippen LogP contribution >= 0.6 is 0 Å². The second-order valence-corrected chi connectivity index (χ2v) is 11.3. The van der Waals surface area contributed by atoms with Gasteiger partial charge in [-0.3, -0.25) is 4.79 Å². The molecule has 2 saturated carbocycles. The van der Waals surface area contributed by atoms with E-state index in [1.54, 1.807) is 0 Å². The maximum absolute atomic E-state index is 11.1. The summed E-state index contributed by atoms with van der Waals surface area (Å²) in [6.45, 7) is 9.22. The van der Waals surface area contributed by atoms with E-state index in [0.29, 0.717) is 23.0 Å². The quantitative estimate of drug-likeness (QED) is 0.498. The van der Waals surface area contributed by atoms with Gasteiger partial charge in [-0.1, -0.05) is 52.7 Å². The maximum atomic E-state index is 11.1. The summed E-state index contributed by atoms with van der Waals surface area (Å²) in [5, 5.41) is 19.1. The van der Waals surface area contributed by atoms with Gasteiger partial charge in [-0.25, -0.2) is 0 Å². The largest absolute Gasteiger partial charge is 0.508 e. The van der Waals surface area contributed by atoms with E-state index in [1.807, 2.05) is 19.1 Å². The molecule has 0 aliphatic heterocycles. The summed E-state index contributed by atoms with van der Waals surface area (Å²) in [4.78, 5) is 11.1. The van der Waals surface area contributed by atoms with Crippen molar-refractivity contribution in [3.63, 3.8) is 0 Å². The minimum Gasteiger partial charge on any atom is -0.508 e. The van der Waals surface area contributed by atoms with Gasteiger partial charge in [-0.15, -0.1) is 0 Å². The Morgan fingerprint density at radius 2 is 1.93 bits per heavy atom.